The first-order chi connectivity index (χ1) is 40.5. The number of esters is 3. The maximum Gasteiger partial charge on any atom is 0.306 e. The molecular weight excluding hydrogens is 1010 g/mol. The van der Waals surface area contributed by atoms with E-state index in [-0.39, 0.29) is 31.1 Å². The van der Waals surface area contributed by atoms with Crippen molar-refractivity contribution < 1.29 is 28.6 Å². The zero-order chi connectivity index (χ0) is 59.2. The Morgan fingerprint density at radius 1 is 0.232 bits per heavy atom. The van der Waals surface area contributed by atoms with E-state index >= 15 is 0 Å². The van der Waals surface area contributed by atoms with Crippen molar-refractivity contribution >= 4 is 17.9 Å². The molecule has 0 spiro atoms. The van der Waals surface area contributed by atoms with Gasteiger partial charge >= 0.3 is 17.9 Å². The first-order valence-electron chi connectivity index (χ1n) is 37.0. The van der Waals surface area contributed by atoms with Crippen molar-refractivity contribution in [2.45, 2.75) is 419 Å². The van der Waals surface area contributed by atoms with Crippen molar-refractivity contribution in [3.05, 3.63) is 36.5 Å². The van der Waals surface area contributed by atoms with Gasteiger partial charge in [0.15, 0.2) is 6.10 Å². The highest BCUT2D eigenvalue weighted by molar-refractivity contribution is 5.71. The zero-order valence-corrected chi connectivity index (χ0v) is 55.5. The summed E-state index contributed by atoms with van der Waals surface area (Å²) in [4.78, 5) is 38.4. The summed E-state index contributed by atoms with van der Waals surface area (Å²) >= 11 is 0. The number of carbonyl (C=O) groups excluding carboxylic acids is 3. The van der Waals surface area contributed by atoms with Gasteiger partial charge in [-0.1, -0.05) is 333 Å². The molecule has 0 aromatic heterocycles. The molecule has 0 aromatic carbocycles. The molecule has 0 N–H and O–H groups in total. The summed E-state index contributed by atoms with van der Waals surface area (Å²) in [6.07, 6.45) is 89.1. The lowest BCUT2D eigenvalue weighted by Gasteiger charge is -2.18. The number of hydrogen-bond acceptors (Lipinski definition) is 6. The fourth-order valence-electron chi connectivity index (χ4n) is 11.3. The molecule has 6 heteroatoms. The molecule has 0 saturated carbocycles. The average molecular weight is 1150 g/mol. The zero-order valence-electron chi connectivity index (χ0n) is 55.5. The minimum atomic E-state index is -0.775. The summed E-state index contributed by atoms with van der Waals surface area (Å²) in [6.45, 7) is 6.68. The average Bonchev–Trinajstić information content (AvgIpc) is 3.48. The molecule has 0 amide bonds. The number of allylic oxidation sites excluding steroid dienone is 6. The number of hydrogen-bond donors (Lipinski definition) is 0. The normalized spacial score (nSPS) is 12.2. The second kappa shape index (κ2) is 71.1. The van der Waals surface area contributed by atoms with Crippen LogP contribution < -0.4 is 0 Å². The Hall–Kier alpha value is -2.37. The topological polar surface area (TPSA) is 78.9 Å². The van der Waals surface area contributed by atoms with Gasteiger partial charge in [-0.15, -0.1) is 0 Å². The molecule has 82 heavy (non-hydrogen) atoms. The molecule has 0 aliphatic carbocycles. The van der Waals surface area contributed by atoms with E-state index in [2.05, 4.69) is 57.2 Å². The van der Waals surface area contributed by atoms with Crippen molar-refractivity contribution in [2.75, 3.05) is 13.2 Å². The van der Waals surface area contributed by atoms with Crippen molar-refractivity contribution in [2.24, 2.45) is 0 Å². The van der Waals surface area contributed by atoms with Crippen LogP contribution in [-0.4, -0.2) is 37.2 Å². The fourth-order valence-corrected chi connectivity index (χ4v) is 11.3. The minimum Gasteiger partial charge on any atom is -0.462 e. The smallest absolute Gasteiger partial charge is 0.306 e. The largest absolute Gasteiger partial charge is 0.462 e. The lowest BCUT2D eigenvalue weighted by Crippen LogP contribution is -2.30. The maximum absolute atomic E-state index is 13.0. The molecule has 0 saturated heterocycles. The SMILES string of the molecule is CCCCC/C=C\CCCCCCCC(=O)OCC(COC(=O)CCCCCCCCCCCCCCCCC/C=C\CCCCCCCCCC)OC(=O)CCCCCCCCCCCCCCC/C=C\CCCCCCCCCC. The summed E-state index contributed by atoms with van der Waals surface area (Å²) in [5, 5.41) is 0. The Morgan fingerprint density at radius 2 is 0.402 bits per heavy atom. The quantitative estimate of drug-likeness (QED) is 0.0261. The van der Waals surface area contributed by atoms with Crippen LogP contribution in [0.25, 0.3) is 0 Å². The monoisotopic (exact) mass is 1150 g/mol. The molecule has 0 aliphatic heterocycles. The van der Waals surface area contributed by atoms with Crippen molar-refractivity contribution in [1.82, 2.24) is 0 Å². The predicted octanol–water partition coefficient (Wildman–Crippen LogP) is 25.5. The molecule has 1 atom stereocenters. The maximum atomic E-state index is 13.0. The summed E-state index contributed by atoms with van der Waals surface area (Å²) in [5.74, 6) is -0.851. The van der Waals surface area contributed by atoms with E-state index in [1.165, 1.54) is 308 Å². The predicted molar refractivity (Wildman–Crippen MR) is 358 cm³/mol. The first-order valence-corrected chi connectivity index (χ1v) is 37.0. The molecule has 482 valence electrons. The van der Waals surface area contributed by atoms with Crippen LogP contribution in [0.3, 0.4) is 0 Å². The number of ether oxygens (including phenoxy) is 3. The molecule has 0 aliphatic rings. The Morgan fingerprint density at radius 3 is 0.634 bits per heavy atom. The van der Waals surface area contributed by atoms with E-state index < -0.39 is 6.10 Å². The number of unbranched alkanes of at least 4 members (excludes halogenated alkanes) is 52. The van der Waals surface area contributed by atoms with Crippen molar-refractivity contribution in [3.63, 3.8) is 0 Å². The summed E-state index contributed by atoms with van der Waals surface area (Å²) < 4.78 is 17.0. The van der Waals surface area contributed by atoms with E-state index in [1.807, 2.05) is 0 Å². The summed E-state index contributed by atoms with van der Waals surface area (Å²) in [5.41, 5.74) is 0. The van der Waals surface area contributed by atoms with Crippen LogP contribution in [0.15, 0.2) is 36.5 Å². The third-order valence-corrected chi connectivity index (χ3v) is 16.8. The van der Waals surface area contributed by atoms with Gasteiger partial charge in [0, 0.05) is 19.3 Å². The minimum absolute atomic E-state index is 0.0701. The molecule has 0 fully saturated rings. The molecule has 0 heterocycles. The summed E-state index contributed by atoms with van der Waals surface area (Å²) in [7, 11) is 0. The van der Waals surface area contributed by atoms with Crippen LogP contribution in [-0.2, 0) is 28.6 Å². The van der Waals surface area contributed by atoms with Crippen LogP contribution in [0, 0.1) is 0 Å². The molecular formula is C76H142O6. The van der Waals surface area contributed by atoms with E-state index in [4.69, 9.17) is 14.2 Å². The summed E-state index contributed by atoms with van der Waals surface area (Å²) in [6, 6.07) is 0. The molecule has 0 bridgehead atoms. The standard InChI is InChI=1S/C76H142O6/c1-4-7-10-13-16-19-22-25-27-29-31-33-35-37-38-40-41-43-45-47-49-51-54-57-60-63-66-69-75(78)81-72-73(71-80-74(77)68-65-62-59-56-53-24-21-18-15-12-9-6-3)82-76(79)70-67-64-61-58-55-52-50-48-46-44-42-39-36-34-32-30-28-26-23-20-17-14-11-8-5-2/h18,21,29-32,73H,4-17,19-20,22-28,33-72H2,1-3H3/b21-18-,31-29-,32-30-. The van der Waals surface area contributed by atoms with Crippen molar-refractivity contribution in [1.29, 1.82) is 0 Å². The molecule has 0 aromatic rings. The van der Waals surface area contributed by atoms with Gasteiger partial charge in [0.1, 0.15) is 13.2 Å². The Balaban J connectivity index is 4.18. The van der Waals surface area contributed by atoms with Gasteiger partial charge in [-0.3, -0.25) is 14.4 Å². The highest BCUT2D eigenvalue weighted by Gasteiger charge is 2.19. The Labute approximate surface area is 512 Å². The Bertz CT molecular complexity index is 1370. The lowest BCUT2D eigenvalue weighted by atomic mass is 10.0. The van der Waals surface area contributed by atoms with Crippen LogP contribution in [0.2, 0.25) is 0 Å². The van der Waals surface area contributed by atoms with Crippen molar-refractivity contribution in [3.8, 4) is 0 Å². The molecule has 0 rings (SSSR count). The van der Waals surface area contributed by atoms with Gasteiger partial charge in [0.25, 0.3) is 0 Å². The molecule has 1 unspecified atom stereocenters. The van der Waals surface area contributed by atoms with Gasteiger partial charge in [-0.05, 0) is 96.3 Å². The highest BCUT2D eigenvalue weighted by Crippen LogP contribution is 2.19. The molecule has 6 nitrogen and oxygen atoms in total. The fraction of sp³-hybridized carbons (Fsp3) is 0.882. The highest BCUT2D eigenvalue weighted by atomic mass is 16.6. The third kappa shape index (κ3) is 68.4. The van der Waals surface area contributed by atoms with Gasteiger partial charge < -0.3 is 14.2 Å². The Kier molecular flexibility index (Phi) is 69.1. The number of rotatable bonds is 69. The van der Waals surface area contributed by atoms with Crippen LogP contribution in [0.1, 0.15) is 412 Å². The van der Waals surface area contributed by atoms with E-state index in [1.54, 1.807) is 0 Å². The van der Waals surface area contributed by atoms with E-state index in [0.29, 0.717) is 19.3 Å². The molecule has 0 radical (unpaired) electrons. The van der Waals surface area contributed by atoms with Gasteiger partial charge in [0.2, 0.25) is 0 Å². The van der Waals surface area contributed by atoms with Gasteiger partial charge in [-0.2, -0.15) is 0 Å². The second-order valence-corrected chi connectivity index (χ2v) is 25.2. The van der Waals surface area contributed by atoms with E-state index in [0.717, 1.165) is 64.2 Å². The van der Waals surface area contributed by atoms with Crippen LogP contribution in [0.4, 0.5) is 0 Å². The van der Waals surface area contributed by atoms with E-state index in [9.17, 15) is 14.4 Å². The lowest BCUT2D eigenvalue weighted by molar-refractivity contribution is -0.167. The second-order valence-electron chi connectivity index (χ2n) is 25.2. The first kappa shape index (κ1) is 79.6. The number of carbonyl (C=O) groups is 3. The van der Waals surface area contributed by atoms with Crippen LogP contribution in [0.5, 0.6) is 0 Å². The van der Waals surface area contributed by atoms with Gasteiger partial charge in [-0.25, -0.2) is 0 Å². The van der Waals surface area contributed by atoms with Gasteiger partial charge in [0.05, 0.1) is 0 Å². The van der Waals surface area contributed by atoms with Crippen LogP contribution >= 0.6 is 0 Å². The third-order valence-electron chi connectivity index (χ3n) is 16.8.